The van der Waals surface area contributed by atoms with Gasteiger partial charge in [0.05, 0.1) is 6.61 Å². The third-order valence-electron chi connectivity index (χ3n) is 2.50. The first-order valence-corrected chi connectivity index (χ1v) is 6.75. The van der Waals surface area contributed by atoms with E-state index in [-0.39, 0.29) is 23.1 Å². The van der Waals surface area contributed by atoms with Crippen molar-refractivity contribution in [1.29, 1.82) is 0 Å². The lowest BCUT2D eigenvalue weighted by atomic mass is 10.2. The van der Waals surface area contributed by atoms with Gasteiger partial charge in [0.15, 0.2) is 16.6 Å². The number of halogens is 2. The van der Waals surface area contributed by atoms with E-state index in [0.29, 0.717) is 5.56 Å². The lowest BCUT2D eigenvalue weighted by molar-refractivity contribution is 0.0520. The van der Waals surface area contributed by atoms with E-state index in [2.05, 4.69) is 10.3 Å². The summed E-state index contributed by atoms with van der Waals surface area (Å²) in [6, 6.07) is 2.52. The minimum Gasteiger partial charge on any atom is -0.461 e. The summed E-state index contributed by atoms with van der Waals surface area (Å²) < 4.78 is 32.2. The molecule has 4 nitrogen and oxygen atoms in total. The fourth-order valence-electron chi connectivity index (χ4n) is 1.51. The maximum absolute atomic E-state index is 13.8. The molecule has 0 spiro atoms. The number of carbonyl (C=O) groups is 1. The number of aryl methyl sites for hydroxylation is 1. The average molecular weight is 298 g/mol. The van der Waals surface area contributed by atoms with Crippen LogP contribution in [0.4, 0.5) is 19.6 Å². The quantitative estimate of drug-likeness (QED) is 0.875. The van der Waals surface area contributed by atoms with E-state index in [0.717, 1.165) is 11.3 Å². The van der Waals surface area contributed by atoms with E-state index in [1.165, 1.54) is 24.4 Å². The van der Waals surface area contributed by atoms with Crippen LogP contribution in [0.25, 0.3) is 0 Å². The molecule has 2 aromatic rings. The van der Waals surface area contributed by atoms with Crippen LogP contribution in [0.1, 0.15) is 23.0 Å². The van der Waals surface area contributed by atoms with Gasteiger partial charge in [-0.15, -0.1) is 11.3 Å². The third-order valence-corrected chi connectivity index (χ3v) is 3.26. The van der Waals surface area contributed by atoms with Gasteiger partial charge in [-0.05, 0) is 25.5 Å². The van der Waals surface area contributed by atoms with Gasteiger partial charge in [-0.1, -0.05) is 6.07 Å². The molecule has 0 unspecified atom stereocenters. The number of thiazole rings is 1. The van der Waals surface area contributed by atoms with Crippen LogP contribution >= 0.6 is 11.3 Å². The standard InChI is InChI=1S/C13H12F2N2O2S/c1-3-19-12(18)9-6-20-13(16-9)17-11-8(14)5-4-7(2)10(11)15/h4-6H,3H2,1-2H3,(H,16,17). The zero-order valence-electron chi connectivity index (χ0n) is 10.9. The molecule has 20 heavy (non-hydrogen) atoms. The average Bonchev–Trinajstić information content (AvgIpc) is 2.88. The Morgan fingerprint density at radius 3 is 2.90 bits per heavy atom. The summed E-state index contributed by atoms with van der Waals surface area (Å²) in [4.78, 5) is 15.4. The molecular weight excluding hydrogens is 286 g/mol. The largest absolute Gasteiger partial charge is 0.461 e. The second-order valence-corrected chi connectivity index (χ2v) is 4.79. The Bertz CT molecular complexity index is 643. The first-order chi connectivity index (χ1) is 9.52. The van der Waals surface area contributed by atoms with Gasteiger partial charge >= 0.3 is 5.97 Å². The van der Waals surface area contributed by atoms with Gasteiger partial charge in [0, 0.05) is 5.38 Å². The zero-order valence-corrected chi connectivity index (χ0v) is 11.7. The van der Waals surface area contributed by atoms with Crippen molar-refractivity contribution in [2.45, 2.75) is 13.8 Å². The SMILES string of the molecule is CCOC(=O)c1csc(Nc2c(F)ccc(C)c2F)n1. The van der Waals surface area contributed by atoms with Crippen LogP contribution in [-0.4, -0.2) is 17.6 Å². The van der Waals surface area contributed by atoms with Gasteiger partial charge in [-0.2, -0.15) is 0 Å². The summed E-state index contributed by atoms with van der Waals surface area (Å²) in [7, 11) is 0. The van der Waals surface area contributed by atoms with E-state index in [9.17, 15) is 13.6 Å². The van der Waals surface area contributed by atoms with Gasteiger partial charge in [0.25, 0.3) is 0 Å². The number of ether oxygens (including phenoxy) is 1. The van der Waals surface area contributed by atoms with Crippen LogP contribution in [0.2, 0.25) is 0 Å². The van der Waals surface area contributed by atoms with Gasteiger partial charge in [-0.3, -0.25) is 0 Å². The Kier molecular flexibility index (Phi) is 4.29. The first kappa shape index (κ1) is 14.4. The van der Waals surface area contributed by atoms with E-state index < -0.39 is 17.6 Å². The minimum absolute atomic E-state index is 0.104. The first-order valence-electron chi connectivity index (χ1n) is 5.87. The number of hydrogen-bond donors (Lipinski definition) is 1. The van der Waals surface area contributed by atoms with E-state index in [4.69, 9.17) is 4.74 Å². The van der Waals surface area contributed by atoms with Crippen LogP contribution in [-0.2, 0) is 4.74 Å². The second-order valence-electron chi connectivity index (χ2n) is 3.94. The van der Waals surface area contributed by atoms with Crippen molar-refractivity contribution < 1.29 is 18.3 Å². The van der Waals surface area contributed by atoms with E-state index in [1.54, 1.807) is 6.92 Å². The molecule has 106 valence electrons. The van der Waals surface area contributed by atoms with Crippen molar-refractivity contribution in [3.8, 4) is 0 Å². The van der Waals surface area contributed by atoms with E-state index in [1.807, 2.05) is 0 Å². The molecule has 1 aromatic heterocycles. The summed E-state index contributed by atoms with van der Waals surface area (Å²) >= 11 is 1.07. The maximum atomic E-state index is 13.8. The Morgan fingerprint density at radius 1 is 1.45 bits per heavy atom. The van der Waals surface area contributed by atoms with Crippen LogP contribution in [0.5, 0.6) is 0 Å². The van der Waals surface area contributed by atoms with Crippen LogP contribution in [0.3, 0.4) is 0 Å². The fourth-order valence-corrected chi connectivity index (χ4v) is 2.19. The Balaban J connectivity index is 2.23. The van der Waals surface area contributed by atoms with Gasteiger partial charge in [-0.25, -0.2) is 18.6 Å². The Morgan fingerprint density at radius 2 is 2.20 bits per heavy atom. The predicted octanol–water partition coefficient (Wildman–Crippen LogP) is 3.65. The predicted molar refractivity (Wildman–Crippen MR) is 72.4 cm³/mol. The number of aromatic nitrogens is 1. The number of rotatable bonds is 4. The molecule has 0 radical (unpaired) electrons. The van der Waals surface area contributed by atoms with E-state index >= 15 is 0 Å². The maximum Gasteiger partial charge on any atom is 0.357 e. The zero-order chi connectivity index (χ0) is 14.7. The molecular formula is C13H12F2N2O2S. The number of carbonyl (C=O) groups excluding carboxylic acids is 1. The monoisotopic (exact) mass is 298 g/mol. The lowest BCUT2D eigenvalue weighted by Crippen LogP contribution is -2.05. The molecule has 1 heterocycles. The molecule has 0 saturated carbocycles. The Hall–Kier alpha value is -2.02. The molecule has 1 aromatic carbocycles. The van der Waals surface area contributed by atoms with Crippen molar-refractivity contribution in [2.75, 3.05) is 11.9 Å². The molecule has 0 amide bonds. The Labute approximate surface area is 118 Å². The summed E-state index contributed by atoms with van der Waals surface area (Å²) in [6.07, 6.45) is 0. The van der Waals surface area contributed by atoms with Gasteiger partial charge in [0.2, 0.25) is 0 Å². The van der Waals surface area contributed by atoms with Crippen LogP contribution in [0.15, 0.2) is 17.5 Å². The number of anilines is 2. The minimum atomic E-state index is -0.721. The molecule has 0 aliphatic heterocycles. The van der Waals surface area contributed by atoms with Crippen molar-refractivity contribution in [3.63, 3.8) is 0 Å². The van der Waals surface area contributed by atoms with Crippen molar-refractivity contribution >= 4 is 28.1 Å². The number of nitrogens with one attached hydrogen (secondary N) is 1. The number of hydrogen-bond acceptors (Lipinski definition) is 5. The van der Waals surface area contributed by atoms with Gasteiger partial charge in [0.1, 0.15) is 11.5 Å². The normalized spacial score (nSPS) is 10.4. The smallest absolute Gasteiger partial charge is 0.357 e. The molecule has 0 bridgehead atoms. The second kappa shape index (κ2) is 5.96. The van der Waals surface area contributed by atoms with Crippen molar-refractivity contribution in [2.24, 2.45) is 0 Å². The molecule has 2 rings (SSSR count). The van der Waals surface area contributed by atoms with Crippen molar-refractivity contribution in [1.82, 2.24) is 4.98 Å². The topological polar surface area (TPSA) is 51.2 Å². The van der Waals surface area contributed by atoms with Crippen molar-refractivity contribution in [3.05, 3.63) is 40.4 Å². The fraction of sp³-hybridized carbons (Fsp3) is 0.231. The third kappa shape index (κ3) is 2.93. The molecule has 7 heteroatoms. The summed E-state index contributed by atoms with van der Waals surface area (Å²) in [5.41, 5.74) is 0.138. The molecule has 0 aliphatic carbocycles. The molecule has 0 saturated heterocycles. The molecule has 0 atom stereocenters. The highest BCUT2D eigenvalue weighted by atomic mass is 32.1. The van der Waals surface area contributed by atoms with Gasteiger partial charge < -0.3 is 10.1 Å². The molecule has 0 aliphatic rings. The van der Waals surface area contributed by atoms with Crippen LogP contribution in [0, 0.1) is 18.6 Å². The number of esters is 1. The van der Waals surface area contributed by atoms with Crippen LogP contribution < -0.4 is 5.32 Å². The highest BCUT2D eigenvalue weighted by molar-refractivity contribution is 7.14. The highest BCUT2D eigenvalue weighted by Gasteiger charge is 2.15. The summed E-state index contributed by atoms with van der Waals surface area (Å²) in [5.74, 6) is -1.97. The molecule has 1 N–H and O–H groups in total. The number of benzene rings is 1. The summed E-state index contributed by atoms with van der Waals surface area (Å²) in [5, 5.41) is 4.23. The lowest BCUT2D eigenvalue weighted by Gasteiger charge is -2.07. The number of nitrogens with zero attached hydrogens (tertiary/aromatic N) is 1. The summed E-state index contributed by atoms with van der Waals surface area (Å²) in [6.45, 7) is 3.45. The highest BCUT2D eigenvalue weighted by Crippen LogP contribution is 2.27. The molecule has 0 fully saturated rings.